The number of fused-ring (bicyclic) bond motifs is 1. The monoisotopic (exact) mass is 239 g/mol. The molecule has 1 heterocycles. The van der Waals surface area contributed by atoms with Gasteiger partial charge >= 0.3 is 0 Å². The molecular weight excluding hydrogens is 226 g/mol. The zero-order valence-electron chi connectivity index (χ0n) is 10.3. The van der Waals surface area contributed by atoms with E-state index in [0.717, 1.165) is 33.5 Å². The number of methoxy groups -OCH3 is 1. The smallest absolute Gasteiger partial charge is 0.178 e. The second-order valence-corrected chi connectivity index (χ2v) is 4.23. The molecule has 2 aromatic carbocycles. The molecule has 0 radical (unpaired) electrons. The predicted octanol–water partition coefficient (Wildman–Crippen LogP) is 3.81. The highest BCUT2D eigenvalue weighted by Crippen LogP contribution is 2.35. The van der Waals surface area contributed by atoms with Gasteiger partial charge in [0.1, 0.15) is 11.3 Å². The molecule has 0 aliphatic carbocycles. The minimum Gasteiger partial charge on any atom is -0.496 e. The van der Waals surface area contributed by atoms with E-state index in [4.69, 9.17) is 9.26 Å². The third-order valence-electron chi connectivity index (χ3n) is 2.98. The van der Waals surface area contributed by atoms with Crippen LogP contribution in [-0.4, -0.2) is 12.3 Å². The maximum absolute atomic E-state index is 5.47. The Balaban J connectivity index is 2.29. The van der Waals surface area contributed by atoms with Crippen LogP contribution in [-0.2, 0) is 0 Å². The number of hydrogen-bond donors (Lipinski definition) is 0. The zero-order valence-corrected chi connectivity index (χ0v) is 10.3. The molecule has 0 atom stereocenters. The number of ether oxygens (including phenoxy) is 1. The van der Waals surface area contributed by atoms with Crippen molar-refractivity contribution >= 4 is 10.9 Å². The Morgan fingerprint density at radius 2 is 1.94 bits per heavy atom. The predicted molar refractivity (Wildman–Crippen MR) is 70.7 cm³/mol. The van der Waals surface area contributed by atoms with E-state index in [0.29, 0.717) is 0 Å². The average molecular weight is 239 g/mol. The van der Waals surface area contributed by atoms with E-state index in [9.17, 15) is 0 Å². The van der Waals surface area contributed by atoms with Gasteiger partial charge in [-0.05, 0) is 31.2 Å². The minimum atomic E-state index is 0.756. The molecule has 0 spiro atoms. The van der Waals surface area contributed by atoms with Crippen molar-refractivity contribution in [3.63, 3.8) is 0 Å². The second kappa shape index (κ2) is 4.18. The van der Waals surface area contributed by atoms with Gasteiger partial charge in [-0.1, -0.05) is 28.9 Å². The van der Waals surface area contributed by atoms with E-state index in [-0.39, 0.29) is 0 Å². The van der Waals surface area contributed by atoms with Gasteiger partial charge in [0.25, 0.3) is 0 Å². The molecule has 3 heteroatoms. The van der Waals surface area contributed by atoms with Gasteiger partial charge in [0, 0.05) is 5.39 Å². The molecule has 3 nitrogen and oxygen atoms in total. The first-order valence-corrected chi connectivity index (χ1v) is 5.79. The third kappa shape index (κ3) is 1.64. The Morgan fingerprint density at radius 1 is 1.11 bits per heavy atom. The number of aromatic nitrogens is 1. The highest BCUT2D eigenvalue weighted by molar-refractivity contribution is 5.93. The fourth-order valence-corrected chi connectivity index (χ4v) is 2.08. The summed E-state index contributed by atoms with van der Waals surface area (Å²) in [6, 6.07) is 13.9. The van der Waals surface area contributed by atoms with Crippen molar-refractivity contribution in [3.05, 3.63) is 48.0 Å². The summed E-state index contributed by atoms with van der Waals surface area (Å²) in [7, 11) is 1.66. The molecule has 3 rings (SSSR count). The summed E-state index contributed by atoms with van der Waals surface area (Å²) in [6.45, 7) is 2.04. The van der Waals surface area contributed by atoms with Gasteiger partial charge in [-0.3, -0.25) is 0 Å². The molecule has 0 fully saturated rings. The van der Waals surface area contributed by atoms with Gasteiger partial charge in [-0.15, -0.1) is 0 Å². The summed E-state index contributed by atoms with van der Waals surface area (Å²) in [5, 5.41) is 5.07. The number of hydrogen-bond acceptors (Lipinski definition) is 3. The fraction of sp³-hybridized carbons (Fsp3) is 0.133. The maximum atomic E-state index is 5.47. The van der Waals surface area contributed by atoms with E-state index in [2.05, 4.69) is 5.16 Å². The largest absolute Gasteiger partial charge is 0.496 e. The first kappa shape index (κ1) is 10.8. The van der Waals surface area contributed by atoms with Gasteiger partial charge < -0.3 is 9.26 Å². The van der Waals surface area contributed by atoms with E-state index in [1.54, 1.807) is 7.11 Å². The Hall–Kier alpha value is -2.29. The van der Waals surface area contributed by atoms with Crippen molar-refractivity contribution in [2.45, 2.75) is 6.92 Å². The standard InChI is InChI=1S/C15H13NO2/c1-10-7-8-14(17-2)12(9-10)15-11-5-3-4-6-13(11)16-18-15/h3-9H,1-2H3. The topological polar surface area (TPSA) is 35.3 Å². The summed E-state index contributed by atoms with van der Waals surface area (Å²) in [5.41, 5.74) is 2.95. The van der Waals surface area contributed by atoms with Gasteiger partial charge in [0.15, 0.2) is 5.76 Å². The van der Waals surface area contributed by atoms with Crippen LogP contribution in [0.1, 0.15) is 5.56 Å². The Kier molecular flexibility index (Phi) is 2.52. The summed E-state index contributed by atoms with van der Waals surface area (Å²) >= 11 is 0. The van der Waals surface area contributed by atoms with E-state index in [1.165, 1.54) is 0 Å². The Morgan fingerprint density at radius 3 is 2.78 bits per heavy atom. The van der Waals surface area contributed by atoms with E-state index in [1.807, 2.05) is 49.4 Å². The van der Waals surface area contributed by atoms with Gasteiger partial charge in [-0.2, -0.15) is 0 Å². The molecule has 0 aliphatic rings. The highest BCUT2D eigenvalue weighted by Gasteiger charge is 2.14. The maximum Gasteiger partial charge on any atom is 0.178 e. The van der Waals surface area contributed by atoms with Crippen LogP contribution >= 0.6 is 0 Å². The van der Waals surface area contributed by atoms with Crippen molar-refractivity contribution in [2.24, 2.45) is 0 Å². The molecule has 0 unspecified atom stereocenters. The van der Waals surface area contributed by atoms with Crippen LogP contribution in [0.3, 0.4) is 0 Å². The molecule has 0 amide bonds. The van der Waals surface area contributed by atoms with Crippen molar-refractivity contribution in [3.8, 4) is 17.1 Å². The highest BCUT2D eigenvalue weighted by atomic mass is 16.5. The lowest BCUT2D eigenvalue weighted by atomic mass is 10.1. The van der Waals surface area contributed by atoms with Crippen LogP contribution in [0.25, 0.3) is 22.2 Å². The van der Waals surface area contributed by atoms with Crippen molar-refractivity contribution in [1.82, 2.24) is 5.16 Å². The van der Waals surface area contributed by atoms with Crippen molar-refractivity contribution in [1.29, 1.82) is 0 Å². The van der Waals surface area contributed by atoms with E-state index >= 15 is 0 Å². The van der Waals surface area contributed by atoms with Crippen molar-refractivity contribution in [2.75, 3.05) is 7.11 Å². The first-order valence-electron chi connectivity index (χ1n) is 5.79. The molecule has 0 N–H and O–H groups in total. The fourth-order valence-electron chi connectivity index (χ4n) is 2.08. The first-order chi connectivity index (χ1) is 8.79. The number of aryl methyl sites for hydroxylation is 1. The lowest BCUT2D eigenvalue weighted by Crippen LogP contribution is -1.88. The van der Waals surface area contributed by atoms with Gasteiger partial charge in [-0.25, -0.2) is 0 Å². The molecule has 18 heavy (non-hydrogen) atoms. The molecule has 0 saturated carbocycles. The van der Waals surface area contributed by atoms with Gasteiger partial charge in [0.05, 0.1) is 12.7 Å². The lowest BCUT2D eigenvalue weighted by Gasteiger charge is -2.06. The molecule has 1 aromatic heterocycles. The summed E-state index contributed by atoms with van der Waals surface area (Å²) < 4.78 is 10.9. The second-order valence-electron chi connectivity index (χ2n) is 4.23. The van der Waals surface area contributed by atoms with Gasteiger partial charge in [0.2, 0.25) is 0 Å². The van der Waals surface area contributed by atoms with Crippen LogP contribution in [0.2, 0.25) is 0 Å². The molecule has 90 valence electrons. The summed E-state index contributed by atoms with van der Waals surface area (Å²) in [5.74, 6) is 1.55. The quantitative estimate of drug-likeness (QED) is 0.682. The molecule has 0 bridgehead atoms. The minimum absolute atomic E-state index is 0.756. The lowest BCUT2D eigenvalue weighted by molar-refractivity contribution is 0.408. The van der Waals surface area contributed by atoms with Crippen molar-refractivity contribution < 1.29 is 9.26 Å². The van der Waals surface area contributed by atoms with Crippen LogP contribution < -0.4 is 4.74 Å². The molecular formula is C15H13NO2. The number of rotatable bonds is 2. The SMILES string of the molecule is COc1ccc(C)cc1-c1onc2ccccc12. The third-order valence-corrected chi connectivity index (χ3v) is 2.98. The zero-order chi connectivity index (χ0) is 12.5. The summed E-state index contributed by atoms with van der Waals surface area (Å²) in [6.07, 6.45) is 0. The van der Waals surface area contributed by atoms with Crippen LogP contribution in [0, 0.1) is 6.92 Å². The Bertz CT molecular complexity index is 701. The van der Waals surface area contributed by atoms with E-state index < -0.39 is 0 Å². The summed E-state index contributed by atoms with van der Waals surface area (Å²) in [4.78, 5) is 0. The molecule has 0 aliphatic heterocycles. The van der Waals surface area contributed by atoms with Crippen LogP contribution in [0.4, 0.5) is 0 Å². The van der Waals surface area contributed by atoms with Crippen LogP contribution in [0.5, 0.6) is 5.75 Å². The normalized spacial score (nSPS) is 10.8. The molecule has 0 saturated heterocycles. The van der Waals surface area contributed by atoms with Crippen LogP contribution in [0.15, 0.2) is 47.0 Å². The average Bonchev–Trinajstić information content (AvgIpc) is 2.82. The Labute approximate surface area is 105 Å². The number of benzene rings is 2. The molecule has 3 aromatic rings. The number of nitrogens with zero attached hydrogens (tertiary/aromatic N) is 1.